The molecule has 0 spiro atoms. The van der Waals surface area contributed by atoms with Gasteiger partial charge in [-0.25, -0.2) is 9.97 Å². The zero-order chi connectivity index (χ0) is 14.5. The maximum absolute atomic E-state index is 4.56. The molecule has 1 saturated heterocycles. The van der Waals surface area contributed by atoms with Gasteiger partial charge < -0.3 is 10.2 Å². The first kappa shape index (κ1) is 15.0. The molecule has 0 atom stereocenters. The summed E-state index contributed by atoms with van der Waals surface area (Å²) in [7, 11) is 1.93. The van der Waals surface area contributed by atoms with E-state index in [0.29, 0.717) is 6.04 Å². The van der Waals surface area contributed by atoms with Crippen molar-refractivity contribution in [2.24, 2.45) is 0 Å². The lowest BCUT2D eigenvalue weighted by molar-refractivity contribution is 0.209. The lowest BCUT2D eigenvalue weighted by Gasteiger charge is -2.38. The van der Waals surface area contributed by atoms with Gasteiger partial charge in [0, 0.05) is 44.8 Å². The van der Waals surface area contributed by atoms with E-state index in [-0.39, 0.29) is 0 Å². The highest BCUT2D eigenvalue weighted by Crippen LogP contribution is 2.25. The van der Waals surface area contributed by atoms with Crippen molar-refractivity contribution in [1.29, 1.82) is 0 Å². The van der Waals surface area contributed by atoms with Crippen molar-refractivity contribution in [2.45, 2.75) is 39.7 Å². The standard InChI is InChI=1S/C15H27N5/c1-5-6-13-14(16-4)17-11-18-15(13)20-9-7-19(8-10-20)12(2)3/h11-12H,5-10H2,1-4H3,(H,16,17,18). The van der Waals surface area contributed by atoms with Crippen molar-refractivity contribution in [3.63, 3.8) is 0 Å². The van der Waals surface area contributed by atoms with Crippen molar-refractivity contribution >= 4 is 11.6 Å². The smallest absolute Gasteiger partial charge is 0.137 e. The van der Waals surface area contributed by atoms with Gasteiger partial charge in [0.2, 0.25) is 0 Å². The van der Waals surface area contributed by atoms with Gasteiger partial charge in [-0.05, 0) is 20.3 Å². The second-order valence-electron chi connectivity index (χ2n) is 5.64. The van der Waals surface area contributed by atoms with E-state index in [4.69, 9.17) is 0 Å². The summed E-state index contributed by atoms with van der Waals surface area (Å²) in [6, 6.07) is 0.630. The normalized spacial score (nSPS) is 16.8. The van der Waals surface area contributed by atoms with E-state index in [1.807, 2.05) is 7.05 Å². The van der Waals surface area contributed by atoms with Crippen LogP contribution in [-0.2, 0) is 6.42 Å². The number of hydrogen-bond acceptors (Lipinski definition) is 5. The molecule has 0 aliphatic carbocycles. The maximum atomic E-state index is 4.56. The molecule has 112 valence electrons. The molecule has 0 amide bonds. The Morgan fingerprint density at radius 2 is 1.90 bits per heavy atom. The molecule has 1 fully saturated rings. The lowest BCUT2D eigenvalue weighted by Crippen LogP contribution is -2.49. The van der Waals surface area contributed by atoms with Crippen LogP contribution in [-0.4, -0.2) is 54.1 Å². The van der Waals surface area contributed by atoms with Crippen LogP contribution in [0.5, 0.6) is 0 Å². The van der Waals surface area contributed by atoms with Crippen LogP contribution < -0.4 is 10.2 Å². The highest BCUT2D eigenvalue weighted by atomic mass is 15.3. The number of piperazine rings is 1. The first-order valence-corrected chi connectivity index (χ1v) is 7.68. The average Bonchev–Trinajstić information content (AvgIpc) is 2.48. The fraction of sp³-hybridized carbons (Fsp3) is 0.733. The molecule has 0 aromatic carbocycles. The number of aromatic nitrogens is 2. The van der Waals surface area contributed by atoms with Crippen molar-refractivity contribution in [3.8, 4) is 0 Å². The van der Waals surface area contributed by atoms with Gasteiger partial charge in [-0.15, -0.1) is 0 Å². The minimum Gasteiger partial charge on any atom is -0.373 e. The fourth-order valence-electron chi connectivity index (χ4n) is 2.82. The third-order valence-corrected chi connectivity index (χ3v) is 4.00. The van der Waals surface area contributed by atoms with Crippen LogP contribution in [0.2, 0.25) is 0 Å². The highest BCUT2D eigenvalue weighted by molar-refractivity contribution is 5.58. The molecule has 0 bridgehead atoms. The Balaban J connectivity index is 2.16. The molecule has 1 aromatic heterocycles. The molecule has 5 heteroatoms. The SMILES string of the molecule is CCCc1c(NC)ncnc1N1CCN(C(C)C)CC1. The minimum atomic E-state index is 0.630. The molecular formula is C15H27N5. The van der Waals surface area contributed by atoms with E-state index in [1.165, 1.54) is 5.56 Å². The average molecular weight is 277 g/mol. The molecule has 1 aliphatic rings. The van der Waals surface area contributed by atoms with E-state index >= 15 is 0 Å². The molecule has 1 aliphatic heterocycles. The molecule has 0 radical (unpaired) electrons. The van der Waals surface area contributed by atoms with Gasteiger partial charge in [-0.3, -0.25) is 4.90 Å². The predicted octanol–water partition coefficient (Wildman–Crippen LogP) is 2.00. The van der Waals surface area contributed by atoms with Crippen LogP contribution in [0, 0.1) is 0 Å². The topological polar surface area (TPSA) is 44.3 Å². The molecule has 20 heavy (non-hydrogen) atoms. The summed E-state index contributed by atoms with van der Waals surface area (Å²) < 4.78 is 0. The van der Waals surface area contributed by atoms with E-state index in [2.05, 4.69) is 45.9 Å². The van der Waals surface area contributed by atoms with E-state index in [9.17, 15) is 0 Å². The summed E-state index contributed by atoms with van der Waals surface area (Å²) in [5.74, 6) is 2.10. The van der Waals surface area contributed by atoms with Gasteiger partial charge in [-0.2, -0.15) is 0 Å². The Morgan fingerprint density at radius 1 is 1.20 bits per heavy atom. The molecule has 5 nitrogen and oxygen atoms in total. The van der Waals surface area contributed by atoms with Crippen LogP contribution in [0.4, 0.5) is 11.6 Å². The van der Waals surface area contributed by atoms with Crippen molar-refractivity contribution < 1.29 is 0 Å². The van der Waals surface area contributed by atoms with Crippen molar-refractivity contribution in [1.82, 2.24) is 14.9 Å². The van der Waals surface area contributed by atoms with Gasteiger partial charge >= 0.3 is 0 Å². The first-order chi connectivity index (χ1) is 9.67. The van der Waals surface area contributed by atoms with Gasteiger partial charge in [0.05, 0.1) is 0 Å². The quantitative estimate of drug-likeness (QED) is 0.892. The highest BCUT2D eigenvalue weighted by Gasteiger charge is 2.22. The third-order valence-electron chi connectivity index (χ3n) is 4.00. The Labute approximate surface area is 122 Å². The van der Waals surface area contributed by atoms with Crippen LogP contribution in [0.25, 0.3) is 0 Å². The summed E-state index contributed by atoms with van der Waals surface area (Å²) >= 11 is 0. The van der Waals surface area contributed by atoms with Gasteiger partial charge in [0.25, 0.3) is 0 Å². The number of rotatable bonds is 5. The predicted molar refractivity (Wildman–Crippen MR) is 84.5 cm³/mol. The summed E-state index contributed by atoms with van der Waals surface area (Å²) in [6.45, 7) is 11.1. The zero-order valence-electron chi connectivity index (χ0n) is 13.2. The second-order valence-corrected chi connectivity index (χ2v) is 5.64. The summed E-state index contributed by atoms with van der Waals surface area (Å²) in [5.41, 5.74) is 1.26. The molecule has 0 unspecified atom stereocenters. The molecule has 2 rings (SSSR count). The summed E-state index contributed by atoms with van der Waals surface area (Å²) in [6.07, 6.45) is 3.81. The lowest BCUT2D eigenvalue weighted by atomic mass is 10.1. The second kappa shape index (κ2) is 6.88. The molecule has 2 heterocycles. The van der Waals surface area contributed by atoms with Gasteiger partial charge in [0.1, 0.15) is 18.0 Å². The Bertz CT molecular complexity index is 424. The third kappa shape index (κ3) is 3.20. The fourth-order valence-corrected chi connectivity index (χ4v) is 2.82. The number of hydrogen-bond donors (Lipinski definition) is 1. The Morgan fingerprint density at radius 3 is 2.45 bits per heavy atom. The van der Waals surface area contributed by atoms with E-state index in [0.717, 1.165) is 50.7 Å². The molecular weight excluding hydrogens is 250 g/mol. The monoisotopic (exact) mass is 277 g/mol. The minimum absolute atomic E-state index is 0.630. The van der Waals surface area contributed by atoms with Crippen molar-refractivity contribution in [3.05, 3.63) is 11.9 Å². The summed E-state index contributed by atoms with van der Waals surface area (Å²) in [5, 5.41) is 3.20. The molecule has 0 saturated carbocycles. The van der Waals surface area contributed by atoms with Crippen LogP contribution >= 0.6 is 0 Å². The largest absolute Gasteiger partial charge is 0.373 e. The Hall–Kier alpha value is -1.36. The maximum Gasteiger partial charge on any atom is 0.137 e. The zero-order valence-corrected chi connectivity index (χ0v) is 13.2. The van der Waals surface area contributed by atoms with Crippen LogP contribution in [0.1, 0.15) is 32.8 Å². The number of nitrogens with one attached hydrogen (secondary N) is 1. The number of anilines is 2. The van der Waals surface area contributed by atoms with E-state index < -0.39 is 0 Å². The Kier molecular flexibility index (Phi) is 5.17. The molecule has 1 N–H and O–H groups in total. The summed E-state index contributed by atoms with van der Waals surface area (Å²) in [4.78, 5) is 13.8. The van der Waals surface area contributed by atoms with Crippen molar-refractivity contribution in [2.75, 3.05) is 43.4 Å². The van der Waals surface area contributed by atoms with Crippen LogP contribution in [0.15, 0.2) is 6.33 Å². The van der Waals surface area contributed by atoms with Gasteiger partial charge in [-0.1, -0.05) is 13.3 Å². The molecule has 1 aromatic rings. The van der Waals surface area contributed by atoms with Crippen LogP contribution in [0.3, 0.4) is 0 Å². The first-order valence-electron chi connectivity index (χ1n) is 7.68. The van der Waals surface area contributed by atoms with Gasteiger partial charge in [0.15, 0.2) is 0 Å². The van der Waals surface area contributed by atoms with E-state index in [1.54, 1.807) is 6.33 Å². The number of nitrogens with zero attached hydrogens (tertiary/aromatic N) is 4.